The topological polar surface area (TPSA) is 130 Å². The number of amides is 3. The molecule has 4 atom stereocenters. The largest absolute Gasteiger partial charge is 0.367 e. The molecule has 0 saturated carbocycles. The molecule has 0 spiro atoms. The number of urea groups is 1. The first-order chi connectivity index (χ1) is 29.3. The minimum absolute atomic E-state index is 0.0507. The lowest BCUT2D eigenvalue weighted by Gasteiger charge is -2.37. The Bertz CT molecular complexity index is 2320. The molecule has 1 saturated heterocycles. The summed E-state index contributed by atoms with van der Waals surface area (Å²) in [6.07, 6.45) is 4.87. The number of aromatic nitrogens is 3. The van der Waals surface area contributed by atoms with Gasteiger partial charge in [-0.1, -0.05) is 46.0 Å². The van der Waals surface area contributed by atoms with Crippen molar-refractivity contribution in [3.8, 4) is 22.5 Å². The Morgan fingerprint density at radius 2 is 1.89 bits per heavy atom. The third-order valence-corrected chi connectivity index (χ3v) is 14.4. The zero-order valence-electron chi connectivity index (χ0n) is 38.4. The molecule has 0 aliphatic carbocycles. The molecule has 334 valence electrons. The van der Waals surface area contributed by atoms with E-state index in [1.165, 1.54) is 16.2 Å². The van der Waals surface area contributed by atoms with Crippen LogP contribution in [0.15, 0.2) is 41.9 Å². The second kappa shape index (κ2) is 19.2. The van der Waals surface area contributed by atoms with Crippen molar-refractivity contribution in [2.45, 2.75) is 131 Å². The minimum Gasteiger partial charge on any atom is -0.367 e. The highest BCUT2D eigenvalue weighted by Crippen LogP contribution is 2.43. The van der Waals surface area contributed by atoms with Crippen molar-refractivity contribution in [2.75, 3.05) is 27.7 Å². The van der Waals surface area contributed by atoms with Gasteiger partial charge < -0.3 is 19.1 Å². The lowest BCUT2D eigenvalue weighted by molar-refractivity contribution is -0.145. The predicted octanol–water partition coefficient (Wildman–Crippen LogP) is 8.67. The highest BCUT2D eigenvalue weighted by Gasteiger charge is 2.39. The number of benzene rings is 1. The Hall–Kier alpha value is -4.37. The molecule has 1 N–H and O–H groups in total. The van der Waals surface area contributed by atoms with Crippen molar-refractivity contribution in [3.05, 3.63) is 58.2 Å². The van der Waals surface area contributed by atoms with Gasteiger partial charge in [0.05, 0.1) is 40.1 Å². The van der Waals surface area contributed by atoms with Gasteiger partial charge >= 0.3 is 6.03 Å². The van der Waals surface area contributed by atoms with E-state index < -0.39 is 23.6 Å². The van der Waals surface area contributed by atoms with E-state index in [4.69, 9.17) is 26.9 Å². The molecule has 2 aliphatic heterocycles. The molecule has 6 rings (SSSR count). The average molecular weight is 884 g/mol. The third kappa shape index (κ3) is 9.58. The maximum atomic E-state index is 14.6. The molecule has 0 radical (unpaired) electrons. The molecule has 3 amide bonds. The molecule has 2 aliphatic rings. The first-order valence-electron chi connectivity index (χ1n) is 22.0. The number of pyridine rings is 1. The molecule has 5 heterocycles. The van der Waals surface area contributed by atoms with Crippen molar-refractivity contribution in [1.29, 1.82) is 0 Å². The fraction of sp³-hybridized carbons (Fsp3) is 0.562. The Kier molecular flexibility index (Phi) is 14.6. The number of hydrazine groups is 1. The van der Waals surface area contributed by atoms with Crippen molar-refractivity contribution in [1.82, 2.24) is 34.8 Å². The molecule has 1 aromatic carbocycles. The van der Waals surface area contributed by atoms with Crippen molar-refractivity contribution < 1.29 is 23.9 Å². The molecule has 62 heavy (non-hydrogen) atoms. The summed E-state index contributed by atoms with van der Waals surface area (Å²) < 4.78 is 8.34. The number of methoxy groups -OCH3 is 1. The van der Waals surface area contributed by atoms with Gasteiger partial charge in [0.2, 0.25) is 5.91 Å². The number of Topliss-reactive ketones (excluding diaryl/α,β-unsaturated/α-hetero) is 2. The van der Waals surface area contributed by atoms with E-state index in [0.29, 0.717) is 45.2 Å². The van der Waals surface area contributed by atoms with Gasteiger partial charge in [-0.15, -0.1) is 11.3 Å². The van der Waals surface area contributed by atoms with Gasteiger partial charge in [0.25, 0.3) is 0 Å². The maximum Gasteiger partial charge on any atom is 0.320 e. The highest BCUT2D eigenvalue weighted by molar-refractivity contribution is 7.79. The molecule has 3 aromatic heterocycles. The number of carbonyl (C=O) groups excluding carboxylic acids is 4. The highest BCUT2D eigenvalue weighted by atomic mass is 32.1. The van der Waals surface area contributed by atoms with Gasteiger partial charge in [-0.05, 0) is 94.5 Å². The number of aryl methyl sites for hydroxylation is 1. The molecule has 6 bridgehead atoms. The summed E-state index contributed by atoms with van der Waals surface area (Å²) in [5.41, 5.74) is 8.78. The number of hydrogen-bond acceptors (Lipinski definition) is 10. The van der Waals surface area contributed by atoms with Gasteiger partial charge in [-0.3, -0.25) is 24.4 Å². The van der Waals surface area contributed by atoms with Crippen LogP contribution in [0.5, 0.6) is 0 Å². The fourth-order valence-corrected chi connectivity index (χ4v) is 10.3. The number of ether oxygens (including phenoxy) is 1. The van der Waals surface area contributed by atoms with Crippen molar-refractivity contribution in [2.24, 2.45) is 17.3 Å². The zero-order valence-corrected chi connectivity index (χ0v) is 40.0. The van der Waals surface area contributed by atoms with Crippen LogP contribution in [0.25, 0.3) is 33.4 Å². The van der Waals surface area contributed by atoms with Crippen LogP contribution in [0, 0.1) is 17.3 Å². The number of hydrogen-bond donors (Lipinski definition) is 1. The molecular weight excluding hydrogens is 819 g/mol. The number of carbonyl (C=O) groups is 4. The SMILES string of the molecule is CCn1c(-c2cccnc2[C@@](C)(C=S)OC)c2c3cc(ccc31)-c1csc(n1)CC(CC(=O)[C@H](C(C)C)N(C)C(=O)N(C)C(C)C)C(=O)N1CCC[C@H](N1)C(=O)CCC(C)(C)C2. The van der Waals surface area contributed by atoms with Gasteiger partial charge in [0, 0.05) is 98.6 Å². The van der Waals surface area contributed by atoms with Crippen molar-refractivity contribution in [3.63, 3.8) is 0 Å². The summed E-state index contributed by atoms with van der Waals surface area (Å²) in [5.74, 6) is -1.30. The van der Waals surface area contributed by atoms with E-state index in [9.17, 15) is 19.2 Å². The summed E-state index contributed by atoms with van der Waals surface area (Å²) in [7, 11) is 5.05. The lowest BCUT2D eigenvalue weighted by Crippen LogP contribution is -2.57. The van der Waals surface area contributed by atoms with E-state index in [1.54, 1.807) is 42.7 Å². The Morgan fingerprint density at radius 1 is 1.15 bits per heavy atom. The summed E-state index contributed by atoms with van der Waals surface area (Å²) in [5, 5.41) is 7.04. The summed E-state index contributed by atoms with van der Waals surface area (Å²) in [6, 6.07) is 8.97. The van der Waals surface area contributed by atoms with Crippen LogP contribution in [0.4, 0.5) is 4.79 Å². The standard InChI is InChI=1S/C48H65N7O5S2/c1-12-54-38-18-17-31-23-34(38)35(43(54)33-15-13-21-49-44(33)48(8,28-61)60-11)26-47(6,7)20-19-39(56)36-16-14-22-55(51-36)45(58)32(25-41-50-37(31)27-62-41)24-40(57)42(29(2)3)53(10)46(59)52(9)30(4)5/h13,15,17-18,21,23,27-30,32,36,42,51H,12,14,16,19-20,22,24-26H2,1-11H3/t32?,36-,42-,48+/m0/s1. The van der Waals surface area contributed by atoms with Crippen LogP contribution in [0.2, 0.25) is 0 Å². The lowest BCUT2D eigenvalue weighted by atomic mass is 9.79. The predicted molar refractivity (Wildman–Crippen MR) is 251 cm³/mol. The molecule has 14 heteroatoms. The smallest absolute Gasteiger partial charge is 0.320 e. The van der Waals surface area contributed by atoms with Gasteiger partial charge in [0.1, 0.15) is 5.60 Å². The Morgan fingerprint density at radius 3 is 2.55 bits per heavy atom. The summed E-state index contributed by atoms with van der Waals surface area (Å²) >= 11 is 7.00. The van der Waals surface area contributed by atoms with Crippen LogP contribution < -0.4 is 5.43 Å². The molecule has 4 aromatic rings. The Labute approximate surface area is 376 Å². The number of ketones is 2. The second-order valence-electron chi connectivity index (χ2n) is 18.7. The number of likely N-dealkylation sites (N-methyl/N-ethyl adjacent to an activating group) is 1. The van der Waals surface area contributed by atoms with Crippen LogP contribution in [0.1, 0.15) is 104 Å². The van der Waals surface area contributed by atoms with E-state index in [-0.39, 0.29) is 53.7 Å². The quantitative estimate of drug-likeness (QED) is 0.147. The number of nitrogens with one attached hydrogen (secondary N) is 1. The van der Waals surface area contributed by atoms with E-state index in [1.807, 2.05) is 46.1 Å². The number of nitrogens with zero attached hydrogens (tertiary/aromatic N) is 6. The molecule has 12 nitrogen and oxygen atoms in total. The van der Waals surface area contributed by atoms with Gasteiger partial charge in [-0.2, -0.15) is 0 Å². The average Bonchev–Trinajstić information content (AvgIpc) is 3.85. The normalized spacial score (nSPS) is 19.9. The number of fused-ring (bicyclic) bond motifs is 6. The van der Waals surface area contributed by atoms with Crippen molar-refractivity contribution >= 4 is 63.3 Å². The molecular formula is C48H65N7O5S2. The molecule has 1 fully saturated rings. The zero-order chi connectivity index (χ0) is 45.3. The number of thiazole rings is 1. The Balaban J connectivity index is 1.47. The first-order valence-corrected chi connectivity index (χ1v) is 23.4. The van der Waals surface area contributed by atoms with Crippen LogP contribution in [0.3, 0.4) is 0 Å². The third-order valence-electron chi connectivity index (χ3n) is 13.0. The maximum absolute atomic E-state index is 14.6. The number of rotatable bonds is 11. The van der Waals surface area contributed by atoms with Crippen LogP contribution >= 0.6 is 23.6 Å². The van der Waals surface area contributed by atoms with Gasteiger partial charge in [-0.25, -0.2) is 15.2 Å². The van der Waals surface area contributed by atoms with E-state index in [0.717, 1.165) is 49.7 Å². The summed E-state index contributed by atoms with van der Waals surface area (Å²) in [4.78, 5) is 69.7. The van der Waals surface area contributed by atoms with Crippen LogP contribution in [-0.4, -0.2) is 104 Å². The summed E-state index contributed by atoms with van der Waals surface area (Å²) in [6.45, 7) is 17.4. The monoisotopic (exact) mass is 883 g/mol. The van der Waals surface area contributed by atoms with E-state index >= 15 is 0 Å². The first kappa shape index (κ1) is 47.1. The number of thiocarbonyl (C=S) groups is 1. The second-order valence-corrected chi connectivity index (χ2v) is 19.9. The van der Waals surface area contributed by atoms with E-state index in [2.05, 4.69) is 55.0 Å². The fourth-order valence-electron chi connectivity index (χ4n) is 9.17. The van der Waals surface area contributed by atoms with Crippen LogP contribution in [-0.2, 0) is 44.1 Å². The minimum atomic E-state index is -0.911. The molecule has 1 unspecified atom stereocenters. The van der Waals surface area contributed by atoms with Gasteiger partial charge in [0.15, 0.2) is 11.6 Å².